The number of hydrogen-bond donors (Lipinski definition) is 0. The molecule has 3 nitrogen and oxygen atoms in total. The van der Waals surface area contributed by atoms with E-state index in [0.717, 1.165) is 6.54 Å². The Morgan fingerprint density at radius 1 is 1.64 bits per heavy atom. The van der Waals surface area contributed by atoms with Crippen molar-refractivity contribution in [2.45, 2.75) is 32.2 Å². The highest BCUT2D eigenvalue weighted by Crippen LogP contribution is 2.15. The molecule has 0 bridgehead atoms. The molecule has 11 heavy (non-hydrogen) atoms. The number of nitrogens with zero attached hydrogens (tertiary/aromatic N) is 1. The van der Waals surface area contributed by atoms with Crippen LogP contribution in [0.2, 0.25) is 0 Å². The molecule has 1 amide bonds. The van der Waals surface area contributed by atoms with Crippen molar-refractivity contribution in [3.8, 4) is 0 Å². The molecule has 1 saturated heterocycles. The first-order valence-corrected chi connectivity index (χ1v) is 4.18. The van der Waals surface area contributed by atoms with Gasteiger partial charge in [0.25, 0.3) is 5.91 Å². The zero-order valence-electron chi connectivity index (χ0n) is 6.97. The lowest BCUT2D eigenvalue weighted by atomic mass is 10.0. The summed E-state index contributed by atoms with van der Waals surface area (Å²) in [6, 6.07) is 0.498. The average Bonchev–Trinajstić information content (AvgIpc) is 1.93. The van der Waals surface area contributed by atoms with Crippen LogP contribution in [0.1, 0.15) is 26.2 Å². The Morgan fingerprint density at radius 2 is 2.36 bits per heavy atom. The summed E-state index contributed by atoms with van der Waals surface area (Å²) in [5, 5.41) is 0. The van der Waals surface area contributed by atoms with E-state index in [0.29, 0.717) is 12.6 Å². The molecule has 0 aliphatic carbocycles. The third kappa shape index (κ3) is 2.50. The van der Waals surface area contributed by atoms with Crippen LogP contribution < -0.4 is 5.73 Å². The normalized spacial score (nSPS) is 26.8. The van der Waals surface area contributed by atoms with E-state index in [1.165, 1.54) is 19.3 Å². The van der Waals surface area contributed by atoms with Crippen molar-refractivity contribution in [1.29, 1.82) is 0 Å². The summed E-state index contributed by atoms with van der Waals surface area (Å²) >= 11 is 0. The van der Waals surface area contributed by atoms with Gasteiger partial charge in [-0.25, -0.2) is 0 Å². The van der Waals surface area contributed by atoms with Gasteiger partial charge in [-0.3, -0.25) is 15.4 Å². The van der Waals surface area contributed by atoms with E-state index >= 15 is 0 Å². The Kier molecular flexibility index (Phi) is 2.88. The molecule has 1 aliphatic heterocycles. The van der Waals surface area contributed by atoms with E-state index in [4.69, 9.17) is 5.73 Å². The van der Waals surface area contributed by atoms with Crippen LogP contribution in [0.4, 0.5) is 0 Å². The summed E-state index contributed by atoms with van der Waals surface area (Å²) < 4.78 is 0. The number of carbonyl (C=O) groups is 1. The smallest absolute Gasteiger partial charge is 0.252 e. The molecule has 63 valence electrons. The highest BCUT2D eigenvalue weighted by atomic mass is 16.1. The van der Waals surface area contributed by atoms with Gasteiger partial charge in [0.05, 0.1) is 6.54 Å². The van der Waals surface area contributed by atoms with Gasteiger partial charge in [0.15, 0.2) is 0 Å². The van der Waals surface area contributed by atoms with Gasteiger partial charge in [-0.2, -0.15) is 0 Å². The second-order valence-corrected chi connectivity index (χ2v) is 3.24. The predicted octanol–water partition coefficient (Wildman–Crippen LogP) is 0.670. The Morgan fingerprint density at radius 3 is 2.91 bits per heavy atom. The van der Waals surface area contributed by atoms with Crippen LogP contribution >= 0.6 is 0 Å². The molecule has 1 rings (SSSR count). The van der Waals surface area contributed by atoms with Gasteiger partial charge in [-0.1, -0.05) is 6.42 Å². The minimum atomic E-state index is -0.459. The summed E-state index contributed by atoms with van der Waals surface area (Å²) in [6.45, 7) is 3.44. The molecular formula is C8H15N2O. The van der Waals surface area contributed by atoms with E-state index in [1.54, 1.807) is 0 Å². The summed E-state index contributed by atoms with van der Waals surface area (Å²) in [7, 11) is 0. The third-order valence-corrected chi connectivity index (χ3v) is 2.29. The van der Waals surface area contributed by atoms with Crippen LogP contribution in [0.25, 0.3) is 0 Å². The lowest BCUT2D eigenvalue weighted by molar-refractivity contribution is -0.120. The number of nitrogens with one attached hydrogen (secondary N) is 1. The number of hydrogen-bond acceptors (Lipinski definition) is 2. The summed E-state index contributed by atoms with van der Waals surface area (Å²) in [5.41, 5.74) is 6.82. The molecule has 0 aromatic carbocycles. The quantitative estimate of drug-likeness (QED) is 0.588. The molecule has 0 spiro atoms. The Labute approximate surface area is 67.5 Å². The predicted molar refractivity (Wildman–Crippen MR) is 43.0 cm³/mol. The van der Waals surface area contributed by atoms with Crippen molar-refractivity contribution < 1.29 is 4.79 Å². The van der Waals surface area contributed by atoms with Crippen molar-refractivity contribution in [3.05, 3.63) is 0 Å². The number of likely N-dealkylation sites (tertiary alicyclic amines) is 1. The third-order valence-electron chi connectivity index (χ3n) is 2.29. The van der Waals surface area contributed by atoms with Gasteiger partial charge in [0.2, 0.25) is 0 Å². The van der Waals surface area contributed by atoms with Crippen molar-refractivity contribution >= 4 is 5.91 Å². The topological polar surface area (TPSA) is 44.1 Å². The summed E-state index contributed by atoms with van der Waals surface area (Å²) in [6.07, 6.45) is 3.62. The molecule has 1 heterocycles. The Hall–Kier alpha value is -0.570. The van der Waals surface area contributed by atoms with Crippen LogP contribution in [0.15, 0.2) is 0 Å². The van der Waals surface area contributed by atoms with E-state index in [-0.39, 0.29) is 0 Å². The molecule has 1 aliphatic rings. The fourth-order valence-corrected chi connectivity index (χ4v) is 1.58. The van der Waals surface area contributed by atoms with Crippen LogP contribution in [-0.4, -0.2) is 29.9 Å². The lowest BCUT2D eigenvalue weighted by Crippen LogP contribution is -2.41. The van der Waals surface area contributed by atoms with Gasteiger partial charge < -0.3 is 0 Å². The van der Waals surface area contributed by atoms with Crippen LogP contribution in [-0.2, 0) is 4.79 Å². The molecule has 1 atom stereocenters. The van der Waals surface area contributed by atoms with Gasteiger partial charge >= 0.3 is 0 Å². The first kappa shape index (κ1) is 8.53. The second-order valence-electron chi connectivity index (χ2n) is 3.24. The summed E-state index contributed by atoms with van der Waals surface area (Å²) in [5.74, 6) is -0.459. The molecule has 1 fully saturated rings. The Bertz CT molecular complexity index is 147. The van der Waals surface area contributed by atoms with Crippen molar-refractivity contribution in [2.24, 2.45) is 0 Å². The molecule has 1 radical (unpaired) electrons. The van der Waals surface area contributed by atoms with Crippen molar-refractivity contribution in [2.75, 3.05) is 13.1 Å². The standard InChI is InChI=1S/C8H15N2O/c1-7-4-2-3-5-10(7)6-8(9)11/h7,9H,2-6H2,1H3. The Balaban J connectivity index is 2.35. The van der Waals surface area contributed by atoms with E-state index in [1.807, 2.05) is 0 Å². The second kappa shape index (κ2) is 3.72. The van der Waals surface area contributed by atoms with Gasteiger partial charge in [0, 0.05) is 6.04 Å². The largest absolute Gasteiger partial charge is 0.292 e. The minimum absolute atomic E-state index is 0.321. The van der Waals surface area contributed by atoms with Crippen LogP contribution in [0, 0.1) is 0 Å². The molecular weight excluding hydrogens is 140 g/mol. The first-order valence-electron chi connectivity index (χ1n) is 4.18. The van der Waals surface area contributed by atoms with Gasteiger partial charge in [-0.05, 0) is 26.3 Å². The SMILES string of the molecule is CC1CCCCN1CC([NH])=O. The van der Waals surface area contributed by atoms with Gasteiger partial charge in [-0.15, -0.1) is 0 Å². The monoisotopic (exact) mass is 155 g/mol. The average molecular weight is 155 g/mol. The first-order chi connectivity index (χ1) is 5.20. The molecule has 1 unspecified atom stereocenters. The number of rotatable bonds is 2. The number of piperidine rings is 1. The maximum Gasteiger partial charge on any atom is 0.252 e. The minimum Gasteiger partial charge on any atom is -0.292 e. The van der Waals surface area contributed by atoms with Crippen LogP contribution in [0.5, 0.6) is 0 Å². The highest BCUT2D eigenvalue weighted by molar-refractivity contribution is 5.75. The molecule has 0 aromatic rings. The van der Waals surface area contributed by atoms with Crippen LogP contribution in [0.3, 0.4) is 0 Å². The maximum atomic E-state index is 10.5. The zero-order valence-corrected chi connectivity index (χ0v) is 6.97. The van der Waals surface area contributed by atoms with E-state index < -0.39 is 5.91 Å². The zero-order chi connectivity index (χ0) is 8.27. The fourth-order valence-electron chi connectivity index (χ4n) is 1.58. The van der Waals surface area contributed by atoms with E-state index in [2.05, 4.69) is 11.8 Å². The molecule has 3 heteroatoms. The van der Waals surface area contributed by atoms with E-state index in [9.17, 15) is 4.79 Å². The highest BCUT2D eigenvalue weighted by Gasteiger charge is 2.19. The maximum absolute atomic E-state index is 10.5. The molecule has 1 N–H and O–H groups in total. The molecule has 0 aromatic heterocycles. The fraction of sp³-hybridized carbons (Fsp3) is 0.875. The van der Waals surface area contributed by atoms with Gasteiger partial charge in [0.1, 0.15) is 0 Å². The summed E-state index contributed by atoms with van der Waals surface area (Å²) in [4.78, 5) is 12.6. The van der Waals surface area contributed by atoms with Crippen molar-refractivity contribution in [1.82, 2.24) is 10.6 Å². The number of amides is 1. The van der Waals surface area contributed by atoms with Crippen molar-refractivity contribution in [3.63, 3.8) is 0 Å². The molecule has 0 saturated carbocycles. The number of carbonyl (C=O) groups excluding carboxylic acids is 1. The lowest BCUT2D eigenvalue weighted by Gasteiger charge is -2.31.